The number of hydrogen-bond donors (Lipinski definition) is 1. The number of hydrogen-bond acceptors (Lipinski definition) is 5. The van der Waals surface area contributed by atoms with E-state index in [2.05, 4.69) is 15.0 Å². The molecule has 6 heteroatoms. The zero-order chi connectivity index (χ0) is 14.4. The Morgan fingerprint density at radius 2 is 2.10 bits per heavy atom. The number of aromatic nitrogens is 1. The monoisotopic (exact) mass is 274 g/mol. The third-order valence-electron chi connectivity index (χ3n) is 2.80. The minimum Gasteiger partial charge on any atom is -0.472 e. The number of carbonyl (C=O) groups excluding carboxylic acids is 2. The zero-order valence-electron chi connectivity index (χ0n) is 10.9. The average Bonchev–Trinajstić information content (AvgIpc) is 3.01. The van der Waals surface area contributed by atoms with Crippen LogP contribution in [-0.4, -0.2) is 24.0 Å². The van der Waals surface area contributed by atoms with E-state index in [1.165, 1.54) is 19.6 Å². The number of nitrogens with zero attached hydrogens (tertiary/aromatic N) is 1. The quantitative estimate of drug-likeness (QED) is 0.839. The lowest BCUT2D eigenvalue weighted by Gasteiger charge is -2.17. The van der Waals surface area contributed by atoms with Crippen LogP contribution in [0, 0.1) is 0 Å². The maximum atomic E-state index is 12.0. The van der Waals surface area contributed by atoms with Gasteiger partial charge in [0.05, 0.1) is 31.4 Å². The molecule has 0 bridgehead atoms. The van der Waals surface area contributed by atoms with E-state index in [9.17, 15) is 9.59 Å². The molecule has 2 rings (SSSR count). The van der Waals surface area contributed by atoms with Gasteiger partial charge in [-0.3, -0.25) is 14.6 Å². The van der Waals surface area contributed by atoms with Gasteiger partial charge in [-0.2, -0.15) is 0 Å². The molecule has 0 aliphatic heterocycles. The Hall–Kier alpha value is -2.63. The summed E-state index contributed by atoms with van der Waals surface area (Å²) in [6.45, 7) is 0. The fourth-order valence-corrected chi connectivity index (χ4v) is 1.73. The van der Waals surface area contributed by atoms with E-state index >= 15 is 0 Å². The molecule has 1 N–H and O–H groups in total. The van der Waals surface area contributed by atoms with Gasteiger partial charge < -0.3 is 14.5 Å². The first-order valence-electron chi connectivity index (χ1n) is 6.00. The Kier molecular flexibility index (Phi) is 4.49. The number of pyridine rings is 1. The largest absolute Gasteiger partial charge is 0.472 e. The van der Waals surface area contributed by atoms with Crippen molar-refractivity contribution in [1.82, 2.24) is 10.3 Å². The number of amides is 1. The van der Waals surface area contributed by atoms with Crippen LogP contribution in [-0.2, 0) is 9.53 Å². The first-order valence-corrected chi connectivity index (χ1v) is 6.00. The van der Waals surface area contributed by atoms with Crippen molar-refractivity contribution in [3.63, 3.8) is 0 Å². The van der Waals surface area contributed by atoms with Gasteiger partial charge in [0, 0.05) is 12.4 Å². The zero-order valence-corrected chi connectivity index (χ0v) is 10.9. The van der Waals surface area contributed by atoms with Crippen molar-refractivity contribution in [2.45, 2.75) is 12.5 Å². The van der Waals surface area contributed by atoms with E-state index in [4.69, 9.17) is 4.42 Å². The van der Waals surface area contributed by atoms with Gasteiger partial charge in [-0.1, -0.05) is 0 Å². The van der Waals surface area contributed by atoms with Crippen LogP contribution in [0.1, 0.15) is 28.4 Å². The SMILES string of the molecule is COC(=O)C[C@@H](NC(=O)c1ccoc1)c1ccncc1. The molecule has 1 atom stereocenters. The number of esters is 1. The maximum Gasteiger partial charge on any atom is 0.307 e. The summed E-state index contributed by atoms with van der Waals surface area (Å²) in [4.78, 5) is 27.4. The minimum atomic E-state index is -0.479. The Morgan fingerprint density at radius 3 is 2.70 bits per heavy atom. The molecule has 0 aliphatic rings. The van der Waals surface area contributed by atoms with Gasteiger partial charge >= 0.3 is 5.97 Å². The summed E-state index contributed by atoms with van der Waals surface area (Å²) in [6, 6.07) is 4.55. The standard InChI is InChI=1S/C14H14N2O4/c1-19-13(17)8-12(10-2-5-15-6-3-10)16-14(18)11-4-7-20-9-11/h2-7,9,12H,8H2,1H3,(H,16,18)/t12-/m1/s1. The van der Waals surface area contributed by atoms with Gasteiger partial charge in [0.2, 0.25) is 0 Å². The molecule has 2 aromatic heterocycles. The van der Waals surface area contributed by atoms with Crippen LogP contribution in [0.5, 0.6) is 0 Å². The highest BCUT2D eigenvalue weighted by molar-refractivity contribution is 5.94. The lowest BCUT2D eigenvalue weighted by molar-refractivity contribution is -0.141. The summed E-state index contributed by atoms with van der Waals surface area (Å²) in [5.74, 6) is -0.719. The average molecular weight is 274 g/mol. The minimum absolute atomic E-state index is 0.0457. The fourth-order valence-electron chi connectivity index (χ4n) is 1.73. The third-order valence-corrected chi connectivity index (χ3v) is 2.80. The summed E-state index contributed by atoms with van der Waals surface area (Å²) >= 11 is 0. The van der Waals surface area contributed by atoms with Crippen molar-refractivity contribution in [3.05, 3.63) is 54.2 Å². The van der Waals surface area contributed by atoms with Gasteiger partial charge in [-0.05, 0) is 23.8 Å². The predicted molar refractivity (Wildman–Crippen MR) is 69.8 cm³/mol. The number of carbonyl (C=O) groups is 2. The van der Waals surface area contributed by atoms with E-state index in [1.807, 2.05) is 0 Å². The number of nitrogens with one attached hydrogen (secondary N) is 1. The molecule has 104 valence electrons. The van der Waals surface area contributed by atoms with Crippen LogP contribution in [0.2, 0.25) is 0 Å². The topological polar surface area (TPSA) is 81.4 Å². The van der Waals surface area contributed by atoms with Gasteiger partial charge in [0.1, 0.15) is 6.26 Å². The molecule has 0 spiro atoms. The van der Waals surface area contributed by atoms with Gasteiger partial charge in [0.15, 0.2) is 0 Å². The van der Waals surface area contributed by atoms with Crippen LogP contribution < -0.4 is 5.32 Å². The second kappa shape index (κ2) is 6.51. The van der Waals surface area contributed by atoms with Gasteiger partial charge in [-0.15, -0.1) is 0 Å². The number of rotatable bonds is 5. The molecule has 20 heavy (non-hydrogen) atoms. The molecule has 1 amide bonds. The van der Waals surface area contributed by atoms with E-state index in [0.29, 0.717) is 5.56 Å². The van der Waals surface area contributed by atoms with Crippen LogP contribution in [0.4, 0.5) is 0 Å². The van der Waals surface area contributed by atoms with Crippen LogP contribution >= 0.6 is 0 Å². The Bertz CT molecular complexity index is 566. The fraction of sp³-hybridized carbons (Fsp3) is 0.214. The Morgan fingerprint density at radius 1 is 1.35 bits per heavy atom. The molecular formula is C14H14N2O4. The predicted octanol–water partition coefficient (Wildman–Crippen LogP) is 1.71. The summed E-state index contributed by atoms with van der Waals surface area (Å²) in [5.41, 5.74) is 1.18. The Labute approximate surface area is 115 Å². The maximum absolute atomic E-state index is 12.0. The van der Waals surface area contributed by atoms with E-state index in [0.717, 1.165) is 5.56 Å². The number of ether oxygens (including phenoxy) is 1. The van der Waals surface area contributed by atoms with Crippen molar-refractivity contribution in [3.8, 4) is 0 Å². The molecule has 0 unspecified atom stereocenters. The van der Waals surface area contributed by atoms with Crippen molar-refractivity contribution < 1.29 is 18.7 Å². The first-order chi connectivity index (χ1) is 9.70. The lowest BCUT2D eigenvalue weighted by atomic mass is 10.0. The van der Waals surface area contributed by atoms with Gasteiger partial charge in [-0.25, -0.2) is 0 Å². The Balaban J connectivity index is 2.14. The normalized spacial score (nSPS) is 11.7. The highest BCUT2D eigenvalue weighted by Crippen LogP contribution is 2.17. The van der Waals surface area contributed by atoms with E-state index < -0.39 is 12.0 Å². The molecular weight excluding hydrogens is 260 g/mol. The van der Waals surface area contributed by atoms with Crippen LogP contribution in [0.25, 0.3) is 0 Å². The second-order valence-corrected chi connectivity index (χ2v) is 4.10. The molecule has 0 aromatic carbocycles. The molecule has 0 radical (unpaired) electrons. The molecule has 2 heterocycles. The molecule has 2 aromatic rings. The first kappa shape index (κ1) is 13.8. The molecule has 0 saturated heterocycles. The smallest absolute Gasteiger partial charge is 0.307 e. The molecule has 0 fully saturated rings. The lowest BCUT2D eigenvalue weighted by Crippen LogP contribution is -2.30. The molecule has 0 aliphatic carbocycles. The van der Waals surface area contributed by atoms with E-state index in [1.54, 1.807) is 30.6 Å². The van der Waals surface area contributed by atoms with Crippen LogP contribution in [0.15, 0.2) is 47.5 Å². The highest BCUT2D eigenvalue weighted by Gasteiger charge is 2.20. The van der Waals surface area contributed by atoms with Crippen molar-refractivity contribution in [2.24, 2.45) is 0 Å². The third kappa shape index (κ3) is 3.44. The summed E-state index contributed by atoms with van der Waals surface area (Å²) in [6.07, 6.45) is 6.01. The van der Waals surface area contributed by atoms with Crippen molar-refractivity contribution in [1.29, 1.82) is 0 Å². The summed E-state index contributed by atoms with van der Waals surface area (Å²) in [7, 11) is 1.31. The van der Waals surface area contributed by atoms with Gasteiger partial charge in [0.25, 0.3) is 5.91 Å². The molecule has 0 saturated carbocycles. The van der Waals surface area contributed by atoms with Crippen molar-refractivity contribution in [2.75, 3.05) is 7.11 Å². The second-order valence-electron chi connectivity index (χ2n) is 4.10. The number of furan rings is 1. The number of methoxy groups -OCH3 is 1. The summed E-state index contributed by atoms with van der Waals surface area (Å²) < 4.78 is 9.51. The summed E-state index contributed by atoms with van der Waals surface area (Å²) in [5, 5.41) is 2.77. The molecule has 6 nitrogen and oxygen atoms in total. The highest BCUT2D eigenvalue weighted by atomic mass is 16.5. The van der Waals surface area contributed by atoms with Crippen molar-refractivity contribution >= 4 is 11.9 Å². The van der Waals surface area contributed by atoms with Crippen LogP contribution in [0.3, 0.4) is 0 Å². The van der Waals surface area contributed by atoms with E-state index in [-0.39, 0.29) is 12.3 Å².